The van der Waals surface area contributed by atoms with E-state index in [9.17, 15) is 9.59 Å². The summed E-state index contributed by atoms with van der Waals surface area (Å²) in [6.07, 6.45) is 0. The second kappa shape index (κ2) is 23.1. The van der Waals surface area contributed by atoms with Gasteiger partial charge in [0.1, 0.15) is 0 Å². The molecule has 0 aliphatic heterocycles. The number of hydrogen-bond donors (Lipinski definition) is 1. The van der Waals surface area contributed by atoms with Crippen LogP contribution in [0.5, 0.6) is 0 Å². The summed E-state index contributed by atoms with van der Waals surface area (Å²) in [5.41, 5.74) is 0. The van der Waals surface area contributed by atoms with E-state index in [4.69, 9.17) is 0 Å². The maximum Gasteiger partial charge on any atom is 0.323 e. The summed E-state index contributed by atoms with van der Waals surface area (Å²) in [4.78, 5) is 22.0. The number of nitrogens with zero attached hydrogens (tertiary/aromatic N) is 1. The van der Waals surface area contributed by atoms with Gasteiger partial charge in [0.15, 0.2) is 0 Å². The van der Waals surface area contributed by atoms with Crippen molar-refractivity contribution in [3.63, 3.8) is 0 Å². The summed E-state index contributed by atoms with van der Waals surface area (Å²) in [6.45, 7) is 13.3. The van der Waals surface area contributed by atoms with Gasteiger partial charge in [-0.25, -0.2) is 4.79 Å². The molecule has 0 aromatic heterocycles. The van der Waals surface area contributed by atoms with Gasteiger partial charge in [0, 0.05) is 21.0 Å². The van der Waals surface area contributed by atoms with Crippen LogP contribution in [0.1, 0.15) is 48.5 Å². The van der Waals surface area contributed by atoms with Crippen molar-refractivity contribution in [2.45, 2.75) is 48.5 Å². The summed E-state index contributed by atoms with van der Waals surface area (Å²) in [6, 6.07) is -0.387. The molecule has 4 nitrogen and oxygen atoms in total. The topological polar surface area (TPSA) is 49.4 Å². The van der Waals surface area contributed by atoms with E-state index < -0.39 is 0 Å². The van der Waals surface area contributed by atoms with Gasteiger partial charge >= 0.3 is 6.03 Å². The summed E-state index contributed by atoms with van der Waals surface area (Å²) in [5, 5.41) is 2.31. The van der Waals surface area contributed by atoms with Crippen molar-refractivity contribution >= 4 is 11.9 Å². The lowest BCUT2D eigenvalue weighted by Gasteiger charge is -2.10. The van der Waals surface area contributed by atoms with Crippen molar-refractivity contribution in [3.8, 4) is 0 Å². The Balaban J connectivity index is -0.0000000860. The molecule has 1 N–H and O–H groups in total. The maximum absolute atomic E-state index is 10.5. The smallest absolute Gasteiger partial charge is 0.323 e. The van der Waals surface area contributed by atoms with Crippen molar-refractivity contribution in [1.29, 1.82) is 0 Å². The van der Waals surface area contributed by atoms with Crippen molar-refractivity contribution in [2.24, 2.45) is 0 Å². The molecule has 0 atom stereocenters. The van der Waals surface area contributed by atoms with Crippen LogP contribution in [0, 0.1) is 0 Å². The highest BCUT2D eigenvalue weighted by Gasteiger charge is 2.08. The summed E-state index contributed by atoms with van der Waals surface area (Å²) in [7, 11) is 2.89. The van der Waals surface area contributed by atoms with E-state index >= 15 is 0 Å². The first kappa shape index (κ1) is 23.6. The number of rotatable bonds is 0. The van der Waals surface area contributed by atoms with Crippen molar-refractivity contribution < 1.29 is 9.59 Å². The van der Waals surface area contributed by atoms with E-state index in [1.807, 2.05) is 41.5 Å². The minimum atomic E-state index is -0.387. The minimum absolute atomic E-state index is 0.269. The molecule has 0 rings (SSSR count). The van der Waals surface area contributed by atoms with E-state index in [0.29, 0.717) is 0 Å². The lowest BCUT2D eigenvalue weighted by atomic mass is 10.6. The molecule has 3 amide bonds. The van der Waals surface area contributed by atoms with Crippen LogP contribution in [0.15, 0.2) is 0 Å². The monoisotopic (exact) mass is 220 g/mol. The minimum Gasteiger partial charge on any atom is -0.341 e. The van der Waals surface area contributed by atoms with E-state index in [0.717, 1.165) is 4.90 Å². The van der Waals surface area contributed by atoms with Gasteiger partial charge in [0.25, 0.3) is 0 Å². The third-order valence-electron chi connectivity index (χ3n) is 0.991. The SMILES string of the molecule is CC.CC.CC.CNC(=O)N(C)C(C)=O. The Morgan fingerprint density at radius 1 is 0.933 bits per heavy atom. The van der Waals surface area contributed by atoms with Gasteiger partial charge < -0.3 is 5.32 Å². The third-order valence-corrected chi connectivity index (χ3v) is 0.991. The van der Waals surface area contributed by atoms with E-state index in [2.05, 4.69) is 5.32 Å². The second-order valence-corrected chi connectivity index (χ2v) is 1.63. The Hall–Kier alpha value is -1.06. The normalized spacial score (nSPS) is 6.20. The highest BCUT2D eigenvalue weighted by Crippen LogP contribution is 1.81. The number of amides is 3. The molecule has 0 aromatic carbocycles. The van der Waals surface area contributed by atoms with Crippen LogP contribution in [0.3, 0.4) is 0 Å². The van der Waals surface area contributed by atoms with Crippen LogP contribution in [-0.4, -0.2) is 30.9 Å². The quantitative estimate of drug-likeness (QED) is 0.682. The molecule has 0 spiro atoms. The van der Waals surface area contributed by atoms with Gasteiger partial charge in [-0.3, -0.25) is 9.69 Å². The highest BCUT2D eigenvalue weighted by molar-refractivity contribution is 5.92. The summed E-state index contributed by atoms with van der Waals surface area (Å²) < 4.78 is 0. The zero-order chi connectivity index (χ0) is 13.4. The lowest BCUT2D eigenvalue weighted by molar-refractivity contribution is -0.124. The number of carbonyl (C=O) groups excluding carboxylic acids is 2. The average Bonchev–Trinajstić information content (AvgIpc) is 2.34. The van der Waals surface area contributed by atoms with Crippen LogP contribution in [0.4, 0.5) is 4.79 Å². The lowest BCUT2D eigenvalue weighted by Crippen LogP contribution is -2.37. The Morgan fingerprint density at radius 2 is 1.20 bits per heavy atom. The van der Waals surface area contributed by atoms with E-state index in [-0.39, 0.29) is 11.9 Å². The molecule has 0 saturated heterocycles. The zero-order valence-electron chi connectivity index (χ0n) is 11.8. The standard InChI is InChI=1S/C5H10N2O2.3C2H6/c1-4(8)7(3)5(9)6-2;3*1-2/h1-3H3,(H,6,9);3*1-2H3. The van der Waals surface area contributed by atoms with Gasteiger partial charge in [-0.05, 0) is 0 Å². The molecule has 0 radical (unpaired) electrons. The Morgan fingerprint density at radius 3 is 1.27 bits per heavy atom. The number of nitrogens with one attached hydrogen (secondary N) is 1. The first-order valence-corrected chi connectivity index (χ1v) is 5.55. The van der Waals surface area contributed by atoms with Crippen LogP contribution in [0.2, 0.25) is 0 Å². The fourth-order valence-electron chi connectivity index (χ4n) is 0.311. The number of urea groups is 1. The second-order valence-electron chi connectivity index (χ2n) is 1.63. The zero-order valence-corrected chi connectivity index (χ0v) is 11.8. The third kappa shape index (κ3) is 19.4. The van der Waals surface area contributed by atoms with Gasteiger partial charge in [0.2, 0.25) is 5.91 Å². The van der Waals surface area contributed by atoms with Gasteiger partial charge in [-0.15, -0.1) is 0 Å². The number of imide groups is 1. The van der Waals surface area contributed by atoms with Crippen LogP contribution < -0.4 is 5.32 Å². The Kier molecular flexibility index (Phi) is 36.4. The van der Waals surface area contributed by atoms with Crippen molar-refractivity contribution in [3.05, 3.63) is 0 Å². The molecule has 15 heavy (non-hydrogen) atoms. The van der Waals surface area contributed by atoms with E-state index in [1.165, 1.54) is 21.0 Å². The Labute approximate surface area is 95.0 Å². The highest BCUT2D eigenvalue weighted by atomic mass is 16.2. The average molecular weight is 220 g/mol. The number of hydrogen-bond acceptors (Lipinski definition) is 2. The summed E-state index contributed by atoms with van der Waals surface area (Å²) >= 11 is 0. The number of carbonyl (C=O) groups is 2. The molecule has 0 unspecified atom stereocenters. The molecule has 0 aliphatic rings. The fourth-order valence-corrected chi connectivity index (χ4v) is 0.311. The fraction of sp³-hybridized carbons (Fsp3) is 0.818. The van der Waals surface area contributed by atoms with Gasteiger partial charge in [0.05, 0.1) is 0 Å². The first-order chi connectivity index (χ1) is 7.09. The summed E-state index contributed by atoms with van der Waals surface area (Å²) in [5.74, 6) is -0.269. The molecular weight excluding hydrogens is 192 g/mol. The maximum atomic E-state index is 10.5. The molecule has 94 valence electrons. The molecule has 0 heterocycles. The van der Waals surface area contributed by atoms with Crippen LogP contribution in [0.25, 0.3) is 0 Å². The molecular formula is C11H28N2O2. The molecule has 0 fully saturated rings. The predicted octanol–water partition coefficient (Wildman–Crippen LogP) is 2.88. The molecule has 0 saturated carbocycles. The van der Waals surface area contributed by atoms with Crippen molar-refractivity contribution in [2.75, 3.05) is 14.1 Å². The predicted molar refractivity (Wildman–Crippen MR) is 66.9 cm³/mol. The van der Waals surface area contributed by atoms with Gasteiger partial charge in [-0.2, -0.15) is 0 Å². The Bertz CT molecular complexity index is 137. The molecule has 4 heteroatoms. The van der Waals surface area contributed by atoms with Gasteiger partial charge in [-0.1, -0.05) is 41.5 Å². The molecule has 0 aliphatic carbocycles. The van der Waals surface area contributed by atoms with Crippen LogP contribution >= 0.6 is 0 Å². The van der Waals surface area contributed by atoms with E-state index in [1.54, 1.807) is 0 Å². The largest absolute Gasteiger partial charge is 0.341 e. The first-order valence-electron chi connectivity index (χ1n) is 5.55. The van der Waals surface area contributed by atoms with Crippen LogP contribution in [-0.2, 0) is 4.79 Å². The van der Waals surface area contributed by atoms with Crippen molar-refractivity contribution in [1.82, 2.24) is 10.2 Å². The molecule has 0 aromatic rings. The molecule has 0 bridgehead atoms.